The minimum Gasteiger partial charge on any atom is -0.462 e. The molecule has 0 amide bonds. The van der Waals surface area contributed by atoms with Crippen LogP contribution in [-0.2, 0) is 28.6 Å². The van der Waals surface area contributed by atoms with Gasteiger partial charge in [-0.25, -0.2) is 0 Å². The van der Waals surface area contributed by atoms with Crippen LogP contribution in [0.3, 0.4) is 0 Å². The van der Waals surface area contributed by atoms with Gasteiger partial charge in [-0.05, 0) is 83.5 Å². The van der Waals surface area contributed by atoms with E-state index in [4.69, 9.17) is 14.2 Å². The summed E-state index contributed by atoms with van der Waals surface area (Å²) in [6, 6.07) is 0. The van der Waals surface area contributed by atoms with Gasteiger partial charge >= 0.3 is 17.9 Å². The van der Waals surface area contributed by atoms with Crippen LogP contribution in [0, 0.1) is 0 Å². The number of ether oxygens (including phenoxy) is 3. The first-order chi connectivity index (χ1) is 37.5. The lowest BCUT2D eigenvalue weighted by Gasteiger charge is -2.18. The molecule has 0 bridgehead atoms. The maximum atomic E-state index is 12.9. The van der Waals surface area contributed by atoms with Crippen LogP contribution in [0.5, 0.6) is 0 Å². The zero-order valence-electron chi connectivity index (χ0n) is 51.0. The van der Waals surface area contributed by atoms with Crippen LogP contribution in [0.2, 0.25) is 0 Å². The van der Waals surface area contributed by atoms with Gasteiger partial charge in [0.25, 0.3) is 0 Å². The largest absolute Gasteiger partial charge is 0.462 e. The molecular weight excluding hydrogens is 937 g/mol. The van der Waals surface area contributed by atoms with Crippen LogP contribution in [0.25, 0.3) is 0 Å². The van der Waals surface area contributed by atoms with E-state index in [1.54, 1.807) is 0 Å². The predicted octanol–water partition coefficient (Wildman–Crippen LogP) is 22.9. The molecule has 0 heterocycles. The second-order valence-corrected chi connectivity index (χ2v) is 22.7. The Kier molecular flexibility index (Phi) is 62.6. The molecular formula is C70H128O6. The third-order valence-electron chi connectivity index (χ3n) is 15.1. The lowest BCUT2D eigenvalue weighted by Crippen LogP contribution is -2.30. The normalized spacial score (nSPS) is 12.3. The van der Waals surface area contributed by atoms with Gasteiger partial charge in [0.15, 0.2) is 6.10 Å². The van der Waals surface area contributed by atoms with Crippen molar-refractivity contribution in [2.24, 2.45) is 0 Å². The molecule has 0 rings (SSSR count). The van der Waals surface area contributed by atoms with Crippen LogP contribution in [0.4, 0.5) is 0 Å². The molecule has 444 valence electrons. The molecule has 0 N–H and O–H groups in total. The molecule has 1 unspecified atom stereocenters. The fourth-order valence-electron chi connectivity index (χ4n) is 9.98. The number of allylic oxidation sites excluding steroid dienone is 8. The standard InChI is InChI=1S/C70H128O6/c1-4-7-10-13-16-19-22-25-28-31-33-34-35-36-37-40-42-45-48-51-54-57-60-63-69(72)75-66-67(65-74-68(71)62-59-56-53-50-47-44-41-38-30-27-24-21-18-15-12-9-6-3)76-70(73)64-61-58-55-52-49-46-43-39-32-29-26-23-20-17-14-11-8-5-2/h18,21-22,25,27,30-31,33,67H,4-17,19-20,23-24,26,28-29,32,34-66H2,1-3H3/b21-18-,25-22-,30-27-,33-31-. The first kappa shape index (κ1) is 73.4. The molecule has 0 fully saturated rings. The number of rotatable bonds is 62. The molecule has 0 aromatic heterocycles. The summed E-state index contributed by atoms with van der Waals surface area (Å²) >= 11 is 0. The topological polar surface area (TPSA) is 78.9 Å². The molecule has 0 spiro atoms. The van der Waals surface area contributed by atoms with Crippen LogP contribution < -0.4 is 0 Å². The maximum Gasteiger partial charge on any atom is 0.306 e. The zero-order chi connectivity index (χ0) is 55.0. The molecule has 0 radical (unpaired) electrons. The summed E-state index contributed by atoms with van der Waals surface area (Å²) < 4.78 is 17.0. The van der Waals surface area contributed by atoms with E-state index in [0.717, 1.165) is 77.0 Å². The van der Waals surface area contributed by atoms with E-state index in [2.05, 4.69) is 69.4 Å². The third-order valence-corrected chi connectivity index (χ3v) is 15.1. The smallest absolute Gasteiger partial charge is 0.306 e. The molecule has 0 saturated heterocycles. The van der Waals surface area contributed by atoms with Gasteiger partial charge in [0.05, 0.1) is 0 Å². The van der Waals surface area contributed by atoms with Crippen molar-refractivity contribution in [1.29, 1.82) is 0 Å². The lowest BCUT2D eigenvalue weighted by atomic mass is 10.0. The second kappa shape index (κ2) is 64.9. The van der Waals surface area contributed by atoms with E-state index >= 15 is 0 Å². The number of hydrogen-bond donors (Lipinski definition) is 0. The van der Waals surface area contributed by atoms with Crippen LogP contribution >= 0.6 is 0 Å². The van der Waals surface area contributed by atoms with Gasteiger partial charge in [0.2, 0.25) is 0 Å². The number of carbonyl (C=O) groups is 3. The minimum absolute atomic E-state index is 0.0728. The van der Waals surface area contributed by atoms with Crippen molar-refractivity contribution >= 4 is 17.9 Å². The molecule has 0 aromatic carbocycles. The Labute approximate surface area is 473 Å². The summed E-state index contributed by atoms with van der Waals surface area (Å²) in [7, 11) is 0. The van der Waals surface area contributed by atoms with Crippen molar-refractivity contribution in [3.63, 3.8) is 0 Å². The molecule has 0 aliphatic heterocycles. The first-order valence-electron chi connectivity index (χ1n) is 33.6. The Bertz CT molecular complexity index is 1310. The van der Waals surface area contributed by atoms with E-state index in [0.29, 0.717) is 19.3 Å². The molecule has 1 atom stereocenters. The number of carbonyl (C=O) groups excluding carboxylic acids is 3. The maximum absolute atomic E-state index is 12.9. The summed E-state index contributed by atoms with van der Waals surface area (Å²) in [5, 5.41) is 0. The van der Waals surface area contributed by atoms with Gasteiger partial charge in [-0.3, -0.25) is 14.4 Å². The highest BCUT2D eigenvalue weighted by molar-refractivity contribution is 5.71. The van der Waals surface area contributed by atoms with Crippen molar-refractivity contribution in [3.05, 3.63) is 48.6 Å². The van der Waals surface area contributed by atoms with Crippen molar-refractivity contribution < 1.29 is 28.6 Å². The van der Waals surface area contributed by atoms with E-state index in [1.807, 2.05) is 0 Å². The number of esters is 3. The molecule has 76 heavy (non-hydrogen) atoms. The highest BCUT2D eigenvalue weighted by Crippen LogP contribution is 2.18. The van der Waals surface area contributed by atoms with Crippen molar-refractivity contribution in [3.8, 4) is 0 Å². The Morgan fingerprint density at radius 3 is 0.750 bits per heavy atom. The van der Waals surface area contributed by atoms with Gasteiger partial charge < -0.3 is 14.2 Å². The Balaban J connectivity index is 4.32. The number of unbranched alkanes of at least 4 members (excludes halogenated alkanes) is 43. The summed E-state index contributed by atoms with van der Waals surface area (Å²) in [4.78, 5) is 38.4. The Hall–Kier alpha value is -2.63. The van der Waals surface area contributed by atoms with E-state index < -0.39 is 6.10 Å². The molecule has 0 aliphatic carbocycles. The van der Waals surface area contributed by atoms with E-state index in [1.165, 1.54) is 244 Å². The fourth-order valence-corrected chi connectivity index (χ4v) is 9.98. The van der Waals surface area contributed by atoms with E-state index in [-0.39, 0.29) is 31.1 Å². The van der Waals surface area contributed by atoms with Crippen molar-refractivity contribution in [2.75, 3.05) is 13.2 Å². The second-order valence-electron chi connectivity index (χ2n) is 22.7. The first-order valence-corrected chi connectivity index (χ1v) is 33.6. The SMILES string of the molecule is CCCCC/C=C\C/C=C\CCCCCCCCCC(=O)OCC(COC(=O)CCCCCCCCCCCCC/C=C\C/C=C\CCCCCCC)OC(=O)CCCCCCCCCCCCCCCCCCCC. The molecule has 0 aromatic rings. The van der Waals surface area contributed by atoms with Crippen molar-refractivity contribution in [1.82, 2.24) is 0 Å². The van der Waals surface area contributed by atoms with Gasteiger partial charge in [-0.1, -0.05) is 307 Å². The van der Waals surface area contributed by atoms with E-state index in [9.17, 15) is 14.4 Å². The van der Waals surface area contributed by atoms with Crippen LogP contribution in [-0.4, -0.2) is 37.2 Å². The van der Waals surface area contributed by atoms with Gasteiger partial charge in [0, 0.05) is 19.3 Å². The van der Waals surface area contributed by atoms with Crippen molar-refractivity contribution in [2.45, 2.75) is 367 Å². The van der Waals surface area contributed by atoms with Crippen LogP contribution in [0.1, 0.15) is 361 Å². The third kappa shape index (κ3) is 62.2. The summed E-state index contributed by atoms with van der Waals surface area (Å²) in [5.74, 6) is -0.858. The lowest BCUT2D eigenvalue weighted by molar-refractivity contribution is -0.167. The quantitative estimate of drug-likeness (QED) is 0.0261. The van der Waals surface area contributed by atoms with Crippen LogP contribution in [0.15, 0.2) is 48.6 Å². The summed E-state index contributed by atoms with van der Waals surface area (Å²) in [6.45, 7) is 6.66. The zero-order valence-corrected chi connectivity index (χ0v) is 51.0. The van der Waals surface area contributed by atoms with Gasteiger partial charge in [-0.2, -0.15) is 0 Å². The fraction of sp³-hybridized carbons (Fsp3) is 0.843. The average Bonchev–Trinajstić information content (AvgIpc) is 3.42. The van der Waals surface area contributed by atoms with Gasteiger partial charge in [-0.15, -0.1) is 0 Å². The molecule has 0 aliphatic rings. The summed E-state index contributed by atoms with van der Waals surface area (Å²) in [5.41, 5.74) is 0. The minimum atomic E-state index is -0.776. The molecule has 0 saturated carbocycles. The Morgan fingerprint density at radius 2 is 0.474 bits per heavy atom. The molecule has 6 heteroatoms. The Morgan fingerprint density at radius 1 is 0.263 bits per heavy atom. The molecule has 6 nitrogen and oxygen atoms in total. The van der Waals surface area contributed by atoms with Gasteiger partial charge in [0.1, 0.15) is 13.2 Å². The monoisotopic (exact) mass is 1060 g/mol. The highest BCUT2D eigenvalue weighted by atomic mass is 16.6. The average molecular weight is 1070 g/mol. The number of hydrogen-bond acceptors (Lipinski definition) is 6. The summed E-state index contributed by atoms with van der Waals surface area (Å²) in [6.07, 6.45) is 81.2. The highest BCUT2D eigenvalue weighted by Gasteiger charge is 2.19. The predicted molar refractivity (Wildman–Crippen MR) is 330 cm³/mol.